The zero-order valence-electron chi connectivity index (χ0n) is 17.3. The van der Waals surface area contributed by atoms with Gasteiger partial charge in [0, 0.05) is 17.7 Å². The second-order valence-electron chi connectivity index (χ2n) is 7.27. The van der Waals surface area contributed by atoms with Crippen LogP contribution < -0.4 is 15.0 Å². The fraction of sp³-hybridized carbons (Fsp3) is 0.130. The molecule has 1 fully saturated rings. The van der Waals surface area contributed by atoms with Crippen molar-refractivity contribution in [3.63, 3.8) is 0 Å². The Morgan fingerprint density at radius 2 is 2.00 bits per heavy atom. The third-order valence-electron chi connectivity index (χ3n) is 4.85. The van der Waals surface area contributed by atoms with E-state index in [4.69, 9.17) is 21.4 Å². The summed E-state index contributed by atoms with van der Waals surface area (Å²) in [5.74, 6) is 1.23. The fourth-order valence-electron chi connectivity index (χ4n) is 3.31. The third kappa shape index (κ3) is 4.37. The van der Waals surface area contributed by atoms with E-state index < -0.39 is 4.92 Å². The van der Waals surface area contributed by atoms with Gasteiger partial charge < -0.3 is 14.5 Å². The molecular weight excluding hydrogens is 430 g/mol. The van der Waals surface area contributed by atoms with Gasteiger partial charge in [0.05, 0.1) is 10.6 Å². The lowest BCUT2D eigenvalue weighted by Crippen LogP contribution is -2.30. The van der Waals surface area contributed by atoms with Gasteiger partial charge in [0.1, 0.15) is 29.6 Å². The molecule has 4 rings (SSSR count). The molecule has 2 heterocycles. The quantitative estimate of drug-likeness (QED) is 0.253. The van der Waals surface area contributed by atoms with Gasteiger partial charge in [-0.15, -0.1) is 0 Å². The predicted molar refractivity (Wildman–Crippen MR) is 123 cm³/mol. The number of benzene rings is 2. The number of aryl methyl sites for hydroxylation is 2. The number of thiocarbonyl (C=S) groups is 1. The molecule has 32 heavy (non-hydrogen) atoms. The monoisotopic (exact) mass is 449 g/mol. The largest absolute Gasteiger partial charge is 0.486 e. The van der Waals surface area contributed by atoms with Crippen LogP contribution in [0.15, 0.2) is 64.7 Å². The predicted octanol–water partition coefficient (Wildman–Crippen LogP) is 4.65. The Labute approximate surface area is 189 Å². The molecule has 8 nitrogen and oxygen atoms in total. The van der Waals surface area contributed by atoms with Crippen LogP contribution in [-0.4, -0.2) is 15.9 Å². The Balaban J connectivity index is 1.45. The number of carbonyl (C=O) groups excluding carboxylic acids is 1. The van der Waals surface area contributed by atoms with Crippen LogP contribution in [0.1, 0.15) is 22.6 Å². The van der Waals surface area contributed by atoms with Crippen molar-refractivity contribution in [2.45, 2.75) is 20.5 Å². The van der Waals surface area contributed by atoms with Crippen LogP contribution in [-0.2, 0) is 11.4 Å². The van der Waals surface area contributed by atoms with E-state index in [0.717, 1.165) is 5.56 Å². The van der Waals surface area contributed by atoms with Crippen molar-refractivity contribution in [1.82, 2.24) is 5.32 Å². The first-order valence-corrected chi connectivity index (χ1v) is 10.1. The number of rotatable bonds is 6. The first-order chi connectivity index (χ1) is 15.3. The maximum absolute atomic E-state index is 12.9. The van der Waals surface area contributed by atoms with Gasteiger partial charge in [-0.1, -0.05) is 12.1 Å². The normalized spacial score (nSPS) is 14.7. The maximum atomic E-state index is 12.9. The number of nitrogens with one attached hydrogen (secondary N) is 1. The summed E-state index contributed by atoms with van der Waals surface area (Å²) in [5, 5.41) is 14.2. The van der Waals surface area contributed by atoms with Gasteiger partial charge in [0.2, 0.25) is 0 Å². The molecule has 9 heteroatoms. The Morgan fingerprint density at radius 1 is 1.19 bits per heavy atom. The molecule has 0 saturated carbocycles. The molecule has 0 atom stereocenters. The van der Waals surface area contributed by atoms with E-state index >= 15 is 0 Å². The topological polar surface area (TPSA) is 97.9 Å². The number of amides is 1. The molecule has 0 spiro atoms. The fourth-order valence-corrected chi connectivity index (χ4v) is 3.60. The summed E-state index contributed by atoms with van der Waals surface area (Å²) < 4.78 is 11.4. The molecule has 1 aliphatic heterocycles. The highest BCUT2D eigenvalue weighted by Gasteiger charge is 2.32. The van der Waals surface area contributed by atoms with Crippen LogP contribution >= 0.6 is 12.2 Å². The van der Waals surface area contributed by atoms with Crippen LogP contribution in [0.3, 0.4) is 0 Å². The van der Waals surface area contributed by atoms with Gasteiger partial charge in [0.25, 0.3) is 11.6 Å². The standard InChI is InChI=1S/C23H19N3O5S/c1-14-4-3-5-16(10-14)25-22(27)20(24-23(25)32)12-18-6-7-19(31-18)13-30-17-8-9-21(26(28)29)15(2)11-17/h3-12H,13H2,1-2H3,(H,24,32)/b20-12+. The number of nitro groups is 1. The number of nitrogens with zero attached hydrogens (tertiary/aromatic N) is 2. The second-order valence-corrected chi connectivity index (χ2v) is 7.65. The lowest BCUT2D eigenvalue weighted by atomic mass is 10.2. The number of anilines is 1. The lowest BCUT2D eigenvalue weighted by molar-refractivity contribution is -0.385. The lowest BCUT2D eigenvalue weighted by Gasteiger charge is -2.14. The molecule has 0 radical (unpaired) electrons. The Bertz CT molecular complexity index is 1260. The number of nitro benzene ring substituents is 1. The second kappa shape index (κ2) is 8.64. The van der Waals surface area contributed by atoms with Crippen molar-refractivity contribution in [2.75, 3.05) is 4.90 Å². The van der Waals surface area contributed by atoms with Crippen LogP contribution in [0.25, 0.3) is 6.08 Å². The molecule has 2 aromatic carbocycles. The zero-order valence-corrected chi connectivity index (χ0v) is 18.1. The smallest absolute Gasteiger partial charge is 0.281 e. The Morgan fingerprint density at radius 3 is 2.72 bits per heavy atom. The van der Waals surface area contributed by atoms with Gasteiger partial charge >= 0.3 is 0 Å². The number of hydrogen-bond acceptors (Lipinski definition) is 6. The molecule has 162 valence electrons. The highest BCUT2D eigenvalue weighted by molar-refractivity contribution is 7.80. The maximum Gasteiger partial charge on any atom is 0.281 e. The van der Waals surface area contributed by atoms with Crippen molar-refractivity contribution >= 4 is 40.7 Å². The summed E-state index contributed by atoms with van der Waals surface area (Å²) in [4.78, 5) is 24.8. The van der Waals surface area contributed by atoms with E-state index in [1.807, 2.05) is 31.2 Å². The molecule has 1 aliphatic rings. The zero-order chi connectivity index (χ0) is 22.8. The van der Waals surface area contributed by atoms with E-state index in [0.29, 0.717) is 39.3 Å². The van der Waals surface area contributed by atoms with Crippen molar-refractivity contribution < 1.29 is 18.9 Å². The summed E-state index contributed by atoms with van der Waals surface area (Å²) in [6.07, 6.45) is 1.59. The molecule has 1 N–H and O–H groups in total. The molecule has 1 amide bonds. The number of furan rings is 1. The highest BCUT2D eigenvalue weighted by atomic mass is 32.1. The van der Waals surface area contributed by atoms with Crippen molar-refractivity contribution in [3.05, 3.63) is 93.1 Å². The van der Waals surface area contributed by atoms with Crippen LogP contribution in [0.2, 0.25) is 0 Å². The van der Waals surface area contributed by atoms with Gasteiger partial charge in [-0.05, 0) is 68.0 Å². The van der Waals surface area contributed by atoms with E-state index in [-0.39, 0.29) is 18.2 Å². The van der Waals surface area contributed by atoms with Crippen molar-refractivity contribution in [2.24, 2.45) is 0 Å². The number of hydrogen-bond donors (Lipinski definition) is 1. The summed E-state index contributed by atoms with van der Waals surface area (Å²) in [7, 11) is 0. The minimum Gasteiger partial charge on any atom is -0.486 e. The van der Waals surface area contributed by atoms with Crippen molar-refractivity contribution in [1.29, 1.82) is 0 Å². The summed E-state index contributed by atoms with van der Waals surface area (Å²) in [5.41, 5.74) is 2.58. The van der Waals surface area contributed by atoms with E-state index in [2.05, 4.69) is 5.32 Å². The average Bonchev–Trinajstić information content (AvgIpc) is 3.30. The minimum atomic E-state index is -0.435. The molecular formula is C23H19N3O5S. The molecule has 0 aliphatic carbocycles. The van der Waals surface area contributed by atoms with E-state index in [1.54, 1.807) is 37.3 Å². The highest BCUT2D eigenvalue weighted by Crippen LogP contribution is 2.25. The first kappa shape index (κ1) is 21.3. The molecule has 0 bridgehead atoms. The average molecular weight is 449 g/mol. The summed E-state index contributed by atoms with van der Waals surface area (Å²) >= 11 is 5.33. The van der Waals surface area contributed by atoms with Crippen LogP contribution in [0.4, 0.5) is 11.4 Å². The summed E-state index contributed by atoms with van der Waals surface area (Å²) in [6, 6.07) is 15.5. The Hall–Kier alpha value is -3.98. The number of carbonyl (C=O) groups is 1. The molecule has 3 aromatic rings. The Kier molecular flexibility index (Phi) is 5.74. The third-order valence-corrected chi connectivity index (χ3v) is 5.14. The minimum absolute atomic E-state index is 0.0376. The van der Waals surface area contributed by atoms with Gasteiger partial charge in [-0.3, -0.25) is 19.8 Å². The van der Waals surface area contributed by atoms with Crippen LogP contribution in [0.5, 0.6) is 5.75 Å². The molecule has 1 aromatic heterocycles. The van der Waals surface area contributed by atoms with E-state index in [9.17, 15) is 14.9 Å². The molecule has 0 unspecified atom stereocenters. The SMILES string of the molecule is Cc1cccc(N2C(=O)/C(=C\c3ccc(COc4ccc([N+](=O)[O-])c(C)c4)o3)NC2=S)c1. The first-order valence-electron chi connectivity index (χ1n) is 9.72. The van der Waals surface area contributed by atoms with Crippen LogP contribution in [0, 0.1) is 24.0 Å². The molecule has 1 saturated heterocycles. The van der Waals surface area contributed by atoms with Gasteiger partial charge in [-0.2, -0.15) is 0 Å². The van der Waals surface area contributed by atoms with E-state index in [1.165, 1.54) is 11.0 Å². The van der Waals surface area contributed by atoms with Gasteiger partial charge in [-0.25, -0.2) is 0 Å². The summed E-state index contributed by atoms with van der Waals surface area (Å²) in [6.45, 7) is 3.73. The number of ether oxygens (including phenoxy) is 1. The van der Waals surface area contributed by atoms with Gasteiger partial charge in [0.15, 0.2) is 5.11 Å². The van der Waals surface area contributed by atoms with Crippen molar-refractivity contribution in [3.8, 4) is 5.75 Å².